The number of nitrogens with zero attached hydrogens (tertiary/aromatic N) is 4. The third-order valence-corrected chi connectivity index (χ3v) is 6.03. The number of rotatable bonds is 4. The fourth-order valence-electron chi connectivity index (χ4n) is 4.46. The van der Waals surface area contributed by atoms with Crippen LogP contribution in [0.5, 0.6) is 0 Å². The van der Waals surface area contributed by atoms with Gasteiger partial charge in [-0.15, -0.1) is 24.8 Å². The van der Waals surface area contributed by atoms with Gasteiger partial charge in [0.05, 0.1) is 5.69 Å². The third-order valence-electron chi connectivity index (χ3n) is 6.03. The smallest absolute Gasteiger partial charge is 0.222 e. The lowest BCUT2D eigenvalue weighted by Gasteiger charge is -2.37. The fraction of sp³-hybridized carbons (Fsp3) is 0.778. The molecule has 1 aromatic rings. The molecular formula is C18H32Cl2N6. The third kappa shape index (κ3) is 4.91. The van der Waals surface area contributed by atoms with E-state index in [1.165, 1.54) is 32.2 Å². The molecule has 148 valence electrons. The average Bonchev–Trinajstić information content (AvgIpc) is 3.05. The molecular weight excluding hydrogens is 371 g/mol. The van der Waals surface area contributed by atoms with Crippen molar-refractivity contribution in [2.45, 2.75) is 50.5 Å². The number of piperazine rings is 1. The van der Waals surface area contributed by atoms with Crippen LogP contribution >= 0.6 is 24.8 Å². The quantitative estimate of drug-likeness (QED) is 0.803. The molecule has 4 N–H and O–H groups in total. The van der Waals surface area contributed by atoms with Crippen molar-refractivity contribution in [2.75, 3.05) is 43.4 Å². The van der Waals surface area contributed by atoms with E-state index >= 15 is 0 Å². The van der Waals surface area contributed by atoms with E-state index in [0.717, 1.165) is 56.5 Å². The van der Waals surface area contributed by atoms with E-state index in [1.807, 2.05) is 0 Å². The molecule has 0 spiro atoms. The van der Waals surface area contributed by atoms with Crippen LogP contribution in [0.4, 0.5) is 11.8 Å². The Labute approximate surface area is 168 Å². The Kier molecular flexibility index (Phi) is 7.76. The number of nitrogen functional groups attached to an aromatic ring is 1. The molecule has 2 aliphatic carbocycles. The largest absolute Gasteiger partial charge is 0.368 e. The van der Waals surface area contributed by atoms with Crippen LogP contribution in [-0.4, -0.2) is 53.6 Å². The molecule has 2 saturated carbocycles. The second-order valence-corrected chi connectivity index (χ2v) is 7.88. The summed E-state index contributed by atoms with van der Waals surface area (Å²) in [6.07, 6.45) is 7.75. The summed E-state index contributed by atoms with van der Waals surface area (Å²) in [6.45, 7) is 5.61. The number of aromatic nitrogens is 2. The molecule has 0 bridgehead atoms. The maximum absolute atomic E-state index is 5.96. The van der Waals surface area contributed by atoms with Crippen LogP contribution < -0.4 is 16.4 Å². The minimum atomic E-state index is 0. The van der Waals surface area contributed by atoms with Gasteiger partial charge >= 0.3 is 0 Å². The summed E-state index contributed by atoms with van der Waals surface area (Å²) in [7, 11) is 0. The van der Waals surface area contributed by atoms with Crippen molar-refractivity contribution >= 4 is 36.6 Å². The van der Waals surface area contributed by atoms with Gasteiger partial charge < -0.3 is 16.4 Å². The van der Waals surface area contributed by atoms with Gasteiger partial charge in [-0.25, -0.2) is 4.98 Å². The van der Waals surface area contributed by atoms with Gasteiger partial charge in [0.1, 0.15) is 5.82 Å². The second-order valence-electron chi connectivity index (χ2n) is 7.88. The Bertz CT molecular complexity index is 567. The molecule has 4 rings (SSSR count). The van der Waals surface area contributed by atoms with E-state index in [4.69, 9.17) is 11.5 Å². The van der Waals surface area contributed by atoms with Crippen LogP contribution in [-0.2, 0) is 0 Å². The standard InChI is InChI=1S/C18H30N6.2ClH/c19-15-9-14(10-15)16-11-17(22-18(20)21-16)24-7-5-23(6-8-24)12-13-3-1-2-4-13;;/h11,13-15H,1-10,12,19H2,(H2,20,21,22);2*1H. The summed E-state index contributed by atoms with van der Waals surface area (Å²) >= 11 is 0. The summed E-state index contributed by atoms with van der Waals surface area (Å²) < 4.78 is 0. The first-order valence-electron chi connectivity index (χ1n) is 9.54. The molecule has 0 aromatic carbocycles. The first kappa shape index (κ1) is 21.5. The molecule has 0 radical (unpaired) electrons. The highest BCUT2D eigenvalue weighted by atomic mass is 35.5. The number of hydrogen-bond donors (Lipinski definition) is 2. The molecule has 2 heterocycles. The van der Waals surface area contributed by atoms with Gasteiger partial charge in [-0.05, 0) is 31.6 Å². The molecule has 0 unspecified atom stereocenters. The summed E-state index contributed by atoms with van der Waals surface area (Å²) in [5, 5.41) is 0. The normalized spacial score (nSPS) is 26.7. The molecule has 26 heavy (non-hydrogen) atoms. The van der Waals surface area contributed by atoms with Gasteiger partial charge in [0.2, 0.25) is 5.95 Å². The van der Waals surface area contributed by atoms with Gasteiger partial charge in [0.25, 0.3) is 0 Å². The van der Waals surface area contributed by atoms with Crippen molar-refractivity contribution in [2.24, 2.45) is 11.7 Å². The molecule has 3 aliphatic rings. The number of nitrogens with two attached hydrogens (primary N) is 2. The van der Waals surface area contributed by atoms with Crippen molar-refractivity contribution in [3.63, 3.8) is 0 Å². The summed E-state index contributed by atoms with van der Waals surface area (Å²) in [6, 6.07) is 2.47. The fourth-order valence-corrected chi connectivity index (χ4v) is 4.46. The van der Waals surface area contributed by atoms with E-state index in [0.29, 0.717) is 17.9 Å². The van der Waals surface area contributed by atoms with E-state index < -0.39 is 0 Å². The SMILES string of the molecule is Cl.Cl.Nc1nc(C2CC(N)C2)cc(N2CCN(CC3CCCC3)CC2)n1. The Hall–Kier alpha value is -0.820. The lowest BCUT2D eigenvalue weighted by Crippen LogP contribution is -2.48. The molecule has 6 nitrogen and oxygen atoms in total. The Morgan fingerprint density at radius 2 is 1.65 bits per heavy atom. The number of hydrogen-bond acceptors (Lipinski definition) is 6. The second kappa shape index (κ2) is 9.40. The molecule has 1 saturated heterocycles. The molecule has 0 amide bonds. The maximum atomic E-state index is 5.96. The number of halogens is 2. The predicted octanol–water partition coefficient (Wildman–Crippen LogP) is 2.42. The summed E-state index contributed by atoms with van der Waals surface area (Å²) in [5.41, 5.74) is 13.0. The van der Waals surface area contributed by atoms with Gasteiger partial charge in [0, 0.05) is 50.7 Å². The van der Waals surface area contributed by atoms with Gasteiger partial charge in [0.15, 0.2) is 0 Å². The first-order chi connectivity index (χ1) is 11.7. The van der Waals surface area contributed by atoms with Crippen LogP contribution in [0.15, 0.2) is 6.07 Å². The Morgan fingerprint density at radius 1 is 1.00 bits per heavy atom. The van der Waals surface area contributed by atoms with Gasteiger partial charge in [-0.1, -0.05) is 12.8 Å². The molecule has 1 aromatic heterocycles. The van der Waals surface area contributed by atoms with Crippen LogP contribution in [0, 0.1) is 5.92 Å². The zero-order valence-corrected chi connectivity index (χ0v) is 17.0. The predicted molar refractivity (Wildman–Crippen MR) is 112 cm³/mol. The minimum Gasteiger partial charge on any atom is -0.368 e. The van der Waals surface area contributed by atoms with Crippen LogP contribution in [0.1, 0.15) is 50.1 Å². The monoisotopic (exact) mass is 402 g/mol. The van der Waals surface area contributed by atoms with E-state index in [9.17, 15) is 0 Å². The maximum Gasteiger partial charge on any atom is 0.222 e. The van der Waals surface area contributed by atoms with Crippen LogP contribution in [0.3, 0.4) is 0 Å². The summed E-state index contributed by atoms with van der Waals surface area (Å²) in [5.74, 6) is 2.79. The molecule has 1 aliphatic heterocycles. The van der Waals surface area contributed by atoms with Crippen LogP contribution in [0.2, 0.25) is 0 Å². The Balaban J connectivity index is 0.00000121. The molecule has 0 atom stereocenters. The zero-order valence-electron chi connectivity index (χ0n) is 15.3. The highest BCUT2D eigenvalue weighted by molar-refractivity contribution is 5.85. The highest BCUT2D eigenvalue weighted by Gasteiger charge is 2.30. The average molecular weight is 403 g/mol. The van der Waals surface area contributed by atoms with E-state index in [2.05, 4.69) is 25.8 Å². The zero-order chi connectivity index (χ0) is 16.5. The van der Waals surface area contributed by atoms with Crippen molar-refractivity contribution in [3.05, 3.63) is 11.8 Å². The van der Waals surface area contributed by atoms with Gasteiger partial charge in [-0.2, -0.15) is 4.98 Å². The van der Waals surface area contributed by atoms with Gasteiger partial charge in [-0.3, -0.25) is 4.90 Å². The highest BCUT2D eigenvalue weighted by Crippen LogP contribution is 2.36. The molecule has 8 heteroatoms. The van der Waals surface area contributed by atoms with Crippen LogP contribution in [0.25, 0.3) is 0 Å². The van der Waals surface area contributed by atoms with E-state index in [-0.39, 0.29) is 24.8 Å². The number of anilines is 2. The topological polar surface area (TPSA) is 84.3 Å². The minimum absolute atomic E-state index is 0. The first-order valence-corrected chi connectivity index (χ1v) is 9.54. The van der Waals surface area contributed by atoms with E-state index in [1.54, 1.807) is 0 Å². The van der Waals surface area contributed by atoms with Crippen molar-refractivity contribution in [3.8, 4) is 0 Å². The van der Waals surface area contributed by atoms with Crippen molar-refractivity contribution < 1.29 is 0 Å². The lowest BCUT2D eigenvalue weighted by molar-refractivity contribution is 0.219. The summed E-state index contributed by atoms with van der Waals surface area (Å²) in [4.78, 5) is 13.9. The van der Waals surface area contributed by atoms with Crippen molar-refractivity contribution in [1.82, 2.24) is 14.9 Å². The van der Waals surface area contributed by atoms with Crippen molar-refractivity contribution in [1.29, 1.82) is 0 Å². The lowest BCUT2D eigenvalue weighted by atomic mass is 9.78. The Morgan fingerprint density at radius 3 is 2.27 bits per heavy atom. The molecule has 3 fully saturated rings.